The molecule has 0 amide bonds. The van der Waals surface area contributed by atoms with Crippen molar-refractivity contribution in [3.63, 3.8) is 0 Å². The molecule has 4 heteroatoms. The molecule has 2 nitrogen and oxygen atoms in total. The van der Waals surface area contributed by atoms with Gasteiger partial charge in [0.05, 0.1) is 16.8 Å². The van der Waals surface area contributed by atoms with Gasteiger partial charge in [-0.1, -0.05) is 28.1 Å². The van der Waals surface area contributed by atoms with Crippen molar-refractivity contribution in [1.29, 1.82) is 0 Å². The van der Waals surface area contributed by atoms with Crippen molar-refractivity contribution in [2.75, 3.05) is 0 Å². The first-order chi connectivity index (χ1) is 9.22. The van der Waals surface area contributed by atoms with Crippen molar-refractivity contribution in [3.05, 3.63) is 39.1 Å². The van der Waals surface area contributed by atoms with Crippen LogP contribution in [0.25, 0.3) is 11.3 Å². The Balaban J connectivity index is 1.80. The Kier molecular flexibility index (Phi) is 4.01. The normalized spacial score (nSPS) is 23.5. The molecule has 19 heavy (non-hydrogen) atoms. The van der Waals surface area contributed by atoms with E-state index in [0.717, 1.165) is 41.4 Å². The molecule has 100 valence electrons. The van der Waals surface area contributed by atoms with E-state index in [2.05, 4.69) is 33.4 Å². The summed E-state index contributed by atoms with van der Waals surface area (Å²) in [6, 6.07) is 8.26. The Morgan fingerprint density at radius 3 is 2.74 bits per heavy atom. The van der Waals surface area contributed by atoms with Gasteiger partial charge in [0, 0.05) is 21.3 Å². The highest BCUT2D eigenvalue weighted by Gasteiger charge is 2.23. The molecule has 2 aromatic rings. The van der Waals surface area contributed by atoms with Gasteiger partial charge in [-0.05, 0) is 37.8 Å². The molecular formula is C15H16BrNOS. The lowest BCUT2D eigenvalue weighted by atomic mass is 9.88. The van der Waals surface area contributed by atoms with Crippen molar-refractivity contribution >= 4 is 27.3 Å². The van der Waals surface area contributed by atoms with Crippen LogP contribution in [-0.2, 0) is 0 Å². The number of rotatable bonds is 2. The molecule has 0 saturated heterocycles. The van der Waals surface area contributed by atoms with Crippen molar-refractivity contribution in [3.8, 4) is 11.3 Å². The topological polar surface area (TPSA) is 33.1 Å². The zero-order valence-electron chi connectivity index (χ0n) is 10.6. The second kappa shape index (κ2) is 5.73. The van der Waals surface area contributed by atoms with Gasteiger partial charge in [0.25, 0.3) is 0 Å². The monoisotopic (exact) mass is 337 g/mol. The van der Waals surface area contributed by atoms with E-state index in [-0.39, 0.29) is 6.10 Å². The number of nitrogens with zero attached hydrogens (tertiary/aromatic N) is 1. The number of aromatic nitrogens is 1. The van der Waals surface area contributed by atoms with E-state index in [1.54, 1.807) is 11.3 Å². The predicted molar refractivity (Wildman–Crippen MR) is 82.5 cm³/mol. The highest BCUT2D eigenvalue weighted by atomic mass is 79.9. The maximum atomic E-state index is 9.57. The maximum Gasteiger partial charge on any atom is 0.0963 e. The molecule has 3 rings (SSSR count). The second-order valence-electron chi connectivity index (χ2n) is 5.09. The highest BCUT2D eigenvalue weighted by Crippen LogP contribution is 2.36. The zero-order valence-corrected chi connectivity index (χ0v) is 13.0. The average Bonchev–Trinajstić information content (AvgIpc) is 2.89. The third kappa shape index (κ3) is 3.07. The summed E-state index contributed by atoms with van der Waals surface area (Å²) in [6.45, 7) is 0. The van der Waals surface area contributed by atoms with E-state index in [1.807, 2.05) is 12.1 Å². The fourth-order valence-corrected chi connectivity index (χ4v) is 3.98. The minimum atomic E-state index is -0.0965. The van der Waals surface area contributed by atoms with Crippen LogP contribution >= 0.6 is 27.3 Å². The minimum Gasteiger partial charge on any atom is -0.393 e. The van der Waals surface area contributed by atoms with E-state index >= 15 is 0 Å². The summed E-state index contributed by atoms with van der Waals surface area (Å²) in [7, 11) is 0. The first kappa shape index (κ1) is 13.3. The molecule has 1 aromatic carbocycles. The average molecular weight is 338 g/mol. The van der Waals surface area contributed by atoms with Crippen LogP contribution in [0.2, 0.25) is 0 Å². The summed E-state index contributed by atoms with van der Waals surface area (Å²) in [5, 5.41) is 12.9. The molecular weight excluding hydrogens is 322 g/mol. The Labute approximate surface area is 125 Å². The molecule has 1 aliphatic carbocycles. The highest BCUT2D eigenvalue weighted by molar-refractivity contribution is 9.10. The predicted octanol–water partition coefficient (Wildman–Crippen LogP) is 4.59. The third-order valence-electron chi connectivity index (χ3n) is 3.69. The number of aliphatic hydroxyl groups excluding tert-OH is 1. The van der Waals surface area contributed by atoms with Gasteiger partial charge >= 0.3 is 0 Å². The van der Waals surface area contributed by atoms with E-state index in [1.165, 1.54) is 5.01 Å². The number of benzene rings is 1. The van der Waals surface area contributed by atoms with Crippen LogP contribution in [0.1, 0.15) is 36.6 Å². The zero-order chi connectivity index (χ0) is 13.2. The standard InChI is InChI=1S/C15H16BrNOS/c16-12-3-1-2-11(8-12)14-9-19-15(17-14)10-4-6-13(18)7-5-10/h1-3,8-10,13,18H,4-7H2. The lowest BCUT2D eigenvalue weighted by Crippen LogP contribution is -2.16. The van der Waals surface area contributed by atoms with Gasteiger partial charge in [-0.3, -0.25) is 0 Å². The Bertz CT molecular complexity index is 561. The summed E-state index contributed by atoms with van der Waals surface area (Å²) in [6.07, 6.45) is 3.85. The van der Waals surface area contributed by atoms with Gasteiger partial charge in [0.15, 0.2) is 0 Å². The van der Waals surface area contributed by atoms with Gasteiger partial charge in [-0.2, -0.15) is 0 Å². The summed E-state index contributed by atoms with van der Waals surface area (Å²) >= 11 is 5.25. The number of aliphatic hydroxyl groups is 1. The van der Waals surface area contributed by atoms with Crippen LogP contribution < -0.4 is 0 Å². The van der Waals surface area contributed by atoms with Crippen LogP contribution in [-0.4, -0.2) is 16.2 Å². The van der Waals surface area contributed by atoms with Gasteiger partial charge < -0.3 is 5.11 Å². The Hall–Kier alpha value is -0.710. The largest absolute Gasteiger partial charge is 0.393 e. The maximum absolute atomic E-state index is 9.57. The molecule has 0 radical (unpaired) electrons. The van der Waals surface area contributed by atoms with E-state index < -0.39 is 0 Å². The lowest BCUT2D eigenvalue weighted by molar-refractivity contribution is 0.122. The Morgan fingerprint density at radius 2 is 2.00 bits per heavy atom. The molecule has 1 N–H and O–H groups in total. The van der Waals surface area contributed by atoms with Gasteiger partial charge in [-0.15, -0.1) is 11.3 Å². The molecule has 1 saturated carbocycles. The third-order valence-corrected chi connectivity index (χ3v) is 5.19. The van der Waals surface area contributed by atoms with Crippen molar-refractivity contribution in [1.82, 2.24) is 4.98 Å². The number of hydrogen-bond acceptors (Lipinski definition) is 3. The molecule has 0 bridgehead atoms. The van der Waals surface area contributed by atoms with Gasteiger partial charge in [-0.25, -0.2) is 4.98 Å². The SMILES string of the molecule is OC1CCC(c2nc(-c3cccc(Br)c3)cs2)CC1. The van der Waals surface area contributed by atoms with Crippen molar-refractivity contribution < 1.29 is 5.11 Å². The molecule has 0 spiro atoms. The smallest absolute Gasteiger partial charge is 0.0963 e. The fourth-order valence-electron chi connectivity index (χ4n) is 2.58. The first-order valence-corrected chi connectivity index (χ1v) is 8.29. The summed E-state index contributed by atoms with van der Waals surface area (Å²) in [5.74, 6) is 0.536. The van der Waals surface area contributed by atoms with Crippen LogP contribution in [0, 0.1) is 0 Å². The van der Waals surface area contributed by atoms with E-state index in [9.17, 15) is 5.11 Å². The summed E-state index contributed by atoms with van der Waals surface area (Å²) < 4.78 is 1.08. The molecule has 0 unspecified atom stereocenters. The number of hydrogen-bond donors (Lipinski definition) is 1. The van der Waals surface area contributed by atoms with Crippen LogP contribution in [0.5, 0.6) is 0 Å². The number of halogens is 1. The second-order valence-corrected chi connectivity index (χ2v) is 6.89. The molecule has 0 aliphatic heterocycles. The lowest BCUT2D eigenvalue weighted by Gasteiger charge is -2.23. The van der Waals surface area contributed by atoms with E-state index in [4.69, 9.17) is 4.98 Å². The quantitative estimate of drug-likeness (QED) is 0.869. The van der Waals surface area contributed by atoms with Crippen molar-refractivity contribution in [2.24, 2.45) is 0 Å². The van der Waals surface area contributed by atoms with Crippen LogP contribution in [0.3, 0.4) is 0 Å². The molecule has 1 heterocycles. The van der Waals surface area contributed by atoms with Crippen LogP contribution in [0.4, 0.5) is 0 Å². The van der Waals surface area contributed by atoms with Gasteiger partial charge in [0.1, 0.15) is 0 Å². The molecule has 1 fully saturated rings. The fraction of sp³-hybridized carbons (Fsp3) is 0.400. The minimum absolute atomic E-state index is 0.0965. The van der Waals surface area contributed by atoms with Gasteiger partial charge in [0.2, 0.25) is 0 Å². The number of thiazole rings is 1. The summed E-state index contributed by atoms with van der Waals surface area (Å²) in [4.78, 5) is 4.79. The first-order valence-electron chi connectivity index (χ1n) is 6.62. The van der Waals surface area contributed by atoms with Crippen LogP contribution in [0.15, 0.2) is 34.1 Å². The van der Waals surface area contributed by atoms with E-state index in [0.29, 0.717) is 5.92 Å². The summed E-state index contributed by atoms with van der Waals surface area (Å²) in [5.41, 5.74) is 2.22. The molecule has 0 atom stereocenters. The molecule has 1 aromatic heterocycles. The van der Waals surface area contributed by atoms with Crippen molar-refractivity contribution in [2.45, 2.75) is 37.7 Å². The molecule has 1 aliphatic rings. The Morgan fingerprint density at radius 1 is 1.21 bits per heavy atom.